The number of carbonyl (C=O) groups excluding carboxylic acids is 1. The molecule has 180 valence electrons. The first-order valence-electron chi connectivity index (χ1n) is 11.1. The zero-order valence-corrected chi connectivity index (χ0v) is 20.2. The highest BCUT2D eigenvalue weighted by Crippen LogP contribution is 2.35. The molecule has 8 nitrogen and oxygen atoms in total. The third-order valence-electron chi connectivity index (χ3n) is 5.99. The third-order valence-corrected chi connectivity index (χ3v) is 7.12. The average molecular weight is 485 g/mol. The number of carbonyl (C=O) groups is 1. The van der Waals surface area contributed by atoms with Gasteiger partial charge in [0.25, 0.3) is 0 Å². The van der Waals surface area contributed by atoms with E-state index >= 15 is 0 Å². The fraction of sp³-hybridized carbons (Fsp3) is 0.360. The molecule has 4 rings (SSSR count). The van der Waals surface area contributed by atoms with Crippen LogP contribution >= 0.6 is 0 Å². The van der Waals surface area contributed by atoms with E-state index in [-0.39, 0.29) is 23.4 Å². The van der Waals surface area contributed by atoms with Crippen molar-refractivity contribution in [2.45, 2.75) is 43.9 Å². The van der Waals surface area contributed by atoms with Crippen LogP contribution in [-0.4, -0.2) is 54.8 Å². The van der Waals surface area contributed by atoms with Gasteiger partial charge in [-0.2, -0.15) is 0 Å². The molecule has 2 aromatic carbocycles. The van der Waals surface area contributed by atoms with Gasteiger partial charge in [0.15, 0.2) is 22.2 Å². The average Bonchev–Trinajstić information content (AvgIpc) is 3.43. The summed E-state index contributed by atoms with van der Waals surface area (Å²) >= 11 is 0. The van der Waals surface area contributed by atoms with Gasteiger partial charge in [0.1, 0.15) is 5.69 Å². The van der Waals surface area contributed by atoms with Crippen molar-refractivity contribution in [1.29, 1.82) is 0 Å². The number of likely N-dealkylation sites (tertiary alicyclic amines) is 1. The molecular weight excluding hydrogens is 456 g/mol. The maximum Gasteiger partial charge on any atom is 0.303 e. The zero-order chi connectivity index (χ0) is 24.5. The molecule has 1 aliphatic rings. The summed E-state index contributed by atoms with van der Waals surface area (Å²) in [4.78, 5) is 18.3. The number of aromatic nitrogens is 1. The van der Waals surface area contributed by atoms with Gasteiger partial charge in [0.05, 0.1) is 17.0 Å². The van der Waals surface area contributed by atoms with Crippen LogP contribution in [0.5, 0.6) is 0 Å². The van der Waals surface area contributed by atoms with Gasteiger partial charge in [0, 0.05) is 37.4 Å². The molecular formula is C25H28N2O6S. The van der Waals surface area contributed by atoms with Crippen molar-refractivity contribution in [3.63, 3.8) is 0 Å². The van der Waals surface area contributed by atoms with E-state index in [1.54, 1.807) is 18.2 Å². The number of sulfone groups is 1. The lowest BCUT2D eigenvalue weighted by Gasteiger charge is -2.22. The van der Waals surface area contributed by atoms with Crippen molar-refractivity contribution >= 4 is 15.8 Å². The quantitative estimate of drug-likeness (QED) is 0.507. The minimum Gasteiger partial charge on any atom is -0.458 e. The molecule has 34 heavy (non-hydrogen) atoms. The van der Waals surface area contributed by atoms with E-state index in [1.165, 1.54) is 13.2 Å². The Bertz CT molecular complexity index is 1290. The molecule has 0 aliphatic carbocycles. The van der Waals surface area contributed by atoms with Crippen LogP contribution in [-0.2, 0) is 26.0 Å². The predicted molar refractivity (Wildman–Crippen MR) is 127 cm³/mol. The molecule has 2 heterocycles. The number of aliphatic hydroxyl groups excluding tert-OH is 1. The summed E-state index contributed by atoms with van der Waals surface area (Å²) in [6, 6.07) is 14.2. The first kappa shape index (κ1) is 24.1. The minimum atomic E-state index is -3.55. The van der Waals surface area contributed by atoms with Crippen molar-refractivity contribution in [3.8, 4) is 22.6 Å². The van der Waals surface area contributed by atoms with E-state index < -0.39 is 21.9 Å². The molecule has 9 heteroatoms. The number of esters is 1. The molecule has 1 N–H and O–H groups in total. The maximum atomic E-state index is 12.6. The first-order chi connectivity index (χ1) is 16.1. The minimum absolute atomic E-state index is 0.0839. The van der Waals surface area contributed by atoms with Crippen molar-refractivity contribution in [3.05, 3.63) is 60.0 Å². The number of nitrogens with zero attached hydrogens (tertiary/aromatic N) is 2. The highest BCUT2D eigenvalue weighted by atomic mass is 32.2. The normalized spacial score (nSPS) is 17.6. The summed E-state index contributed by atoms with van der Waals surface area (Å²) in [6.45, 7) is 4.41. The zero-order valence-electron chi connectivity index (χ0n) is 19.4. The molecule has 2 atom stereocenters. The number of hydrogen-bond donors (Lipinski definition) is 1. The Labute approximate surface area is 199 Å². The Morgan fingerprint density at radius 2 is 1.97 bits per heavy atom. The third kappa shape index (κ3) is 5.22. The number of benzene rings is 2. The lowest BCUT2D eigenvalue weighted by molar-refractivity contribution is -0.142. The number of aliphatic hydroxyl groups is 1. The van der Waals surface area contributed by atoms with Gasteiger partial charge in [-0.3, -0.25) is 9.69 Å². The SMILES string of the molecule is CC(=O)OCc1oc(-c2ccc(-c3ccccc3)c(S(C)(=O)=O)c2)nc1C(C)N1CC[C@@H](O)C1. The Hall–Kier alpha value is -3.01. The van der Waals surface area contributed by atoms with Crippen LogP contribution in [0.2, 0.25) is 0 Å². The van der Waals surface area contributed by atoms with Crippen molar-refractivity contribution in [1.82, 2.24) is 9.88 Å². The fourth-order valence-corrected chi connectivity index (χ4v) is 5.12. The van der Waals surface area contributed by atoms with E-state index in [2.05, 4.69) is 9.88 Å². The van der Waals surface area contributed by atoms with Crippen LogP contribution < -0.4 is 0 Å². The second-order valence-corrected chi connectivity index (χ2v) is 10.6. The van der Waals surface area contributed by atoms with Crippen molar-refractivity contribution in [2.75, 3.05) is 19.3 Å². The summed E-state index contributed by atoms with van der Waals surface area (Å²) in [5.41, 5.74) is 2.49. The monoisotopic (exact) mass is 484 g/mol. The number of oxazole rings is 1. The van der Waals surface area contributed by atoms with Crippen LogP contribution in [0.4, 0.5) is 0 Å². The number of ether oxygens (including phenoxy) is 1. The van der Waals surface area contributed by atoms with E-state index in [1.807, 2.05) is 37.3 Å². The van der Waals surface area contributed by atoms with E-state index in [0.29, 0.717) is 42.1 Å². The van der Waals surface area contributed by atoms with Gasteiger partial charge in [0.2, 0.25) is 5.89 Å². The van der Waals surface area contributed by atoms with Crippen LogP contribution in [0.1, 0.15) is 37.8 Å². The molecule has 0 spiro atoms. The van der Waals surface area contributed by atoms with Gasteiger partial charge in [-0.25, -0.2) is 13.4 Å². The Morgan fingerprint density at radius 1 is 1.24 bits per heavy atom. The molecule has 1 saturated heterocycles. The summed E-state index contributed by atoms with van der Waals surface area (Å²) < 4.78 is 36.4. The lowest BCUT2D eigenvalue weighted by atomic mass is 10.0. The van der Waals surface area contributed by atoms with Gasteiger partial charge >= 0.3 is 5.97 Å². The standard InChI is InChI=1S/C25H28N2O6S/c1-16(27-12-11-20(29)14-27)24-22(15-32-17(2)28)33-25(26-24)19-9-10-21(18-7-5-4-6-8-18)23(13-19)34(3,30)31/h4-10,13,16,20,29H,11-12,14-15H2,1-3H3/t16?,20-/m1/s1. The van der Waals surface area contributed by atoms with Gasteiger partial charge in [-0.1, -0.05) is 36.4 Å². The first-order valence-corrected chi connectivity index (χ1v) is 13.0. The Balaban J connectivity index is 1.77. The predicted octanol–water partition coefficient (Wildman–Crippen LogP) is 3.60. The molecule has 1 aromatic heterocycles. The van der Waals surface area contributed by atoms with Crippen LogP contribution in [0, 0.1) is 0 Å². The molecule has 0 saturated carbocycles. The summed E-state index contributed by atoms with van der Waals surface area (Å²) in [5, 5.41) is 9.94. The van der Waals surface area contributed by atoms with Gasteiger partial charge < -0.3 is 14.3 Å². The summed E-state index contributed by atoms with van der Waals surface area (Å²) in [6.07, 6.45) is 1.45. The number of rotatable bonds is 7. The summed E-state index contributed by atoms with van der Waals surface area (Å²) in [7, 11) is -3.55. The summed E-state index contributed by atoms with van der Waals surface area (Å²) in [5.74, 6) is 0.195. The van der Waals surface area contributed by atoms with Crippen molar-refractivity contribution < 1.29 is 27.5 Å². The van der Waals surface area contributed by atoms with E-state index in [9.17, 15) is 18.3 Å². The Morgan fingerprint density at radius 3 is 2.59 bits per heavy atom. The molecule has 0 amide bonds. The maximum absolute atomic E-state index is 12.6. The van der Waals surface area contributed by atoms with Crippen LogP contribution in [0.3, 0.4) is 0 Å². The number of hydrogen-bond acceptors (Lipinski definition) is 8. The number of β-amino-alcohol motifs (C(OH)–C–C–N with tert-alkyl or cyclic N) is 1. The van der Waals surface area contributed by atoms with Crippen LogP contribution in [0.25, 0.3) is 22.6 Å². The molecule has 0 bridgehead atoms. The molecule has 1 unspecified atom stereocenters. The van der Waals surface area contributed by atoms with Crippen molar-refractivity contribution in [2.24, 2.45) is 0 Å². The smallest absolute Gasteiger partial charge is 0.303 e. The Kier molecular flexibility index (Phi) is 6.88. The second-order valence-electron chi connectivity index (χ2n) is 8.57. The second kappa shape index (κ2) is 9.69. The largest absolute Gasteiger partial charge is 0.458 e. The van der Waals surface area contributed by atoms with E-state index in [4.69, 9.17) is 9.15 Å². The fourth-order valence-electron chi connectivity index (χ4n) is 4.20. The molecule has 0 radical (unpaired) electrons. The van der Waals surface area contributed by atoms with Crippen LogP contribution in [0.15, 0.2) is 57.8 Å². The molecule has 1 aliphatic heterocycles. The molecule has 3 aromatic rings. The molecule has 1 fully saturated rings. The van der Waals surface area contributed by atoms with E-state index in [0.717, 1.165) is 5.56 Å². The lowest BCUT2D eigenvalue weighted by Crippen LogP contribution is -2.26. The highest BCUT2D eigenvalue weighted by molar-refractivity contribution is 7.90. The van der Waals surface area contributed by atoms with Gasteiger partial charge in [-0.05, 0) is 31.0 Å². The van der Waals surface area contributed by atoms with Gasteiger partial charge in [-0.15, -0.1) is 0 Å². The highest BCUT2D eigenvalue weighted by Gasteiger charge is 2.30. The topological polar surface area (TPSA) is 110 Å².